The number of nitrogens with zero attached hydrogens (tertiary/aromatic N) is 1. The largest absolute Gasteiger partial charge is 0.315 e. The highest BCUT2D eigenvalue weighted by Crippen LogP contribution is 2.44. The Bertz CT molecular complexity index is 532. The summed E-state index contributed by atoms with van der Waals surface area (Å²) < 4.78 is 0. The number of hydrogen-bond acceptors (Lipinski definition) is 4. The zero-order valence-corrected chi connectivity index (χ0v) is 13.2. The third kappa shape index (κ3) is 2.30. The molecule has 3 aliphatic rings. The van der Waals surface area contributed by atoms with Gasteiger partial charge >= 0.3 is 0 Å². The van der Waals surface area contributed by atoms with Gasteiger partial charge in [-0.3, -0.25) is 4.79 Å². The number of fused-ring (bicyclic) bond motifs is 2. The number of hydrogen-bond donors (Lipinski definition) is 2. The highest BCUT2D eigenvalue weighted by Gasteiger charge is 2.50. The van der Waals surface area contributed by atoms with Crippen LogP contribution in [0.3, 0.4) is 0 Å². The minimum atomic E-state index is -0.176. The van der Waals surface area contributed by atoms with E-state index in [1.807, 2.05) is 0 Å². The Morgan fingerprint density at radius 2 is 2.19 bits per heavy atom. The van der Waals surface area contributed by atoms with Crippen molar-refractivity contribution in [3.8, 4) is 0 Å². The lowest BCUT2D eigenvalue weighted by molar-refractivity contribution is -0.128. The molecule has 1 aromatic heterocycles. The Labute approximate surface area is 129 Å². The van der Waals surface area contributed by atoms with Crippen LogP contribution in [0.25, 0.3) is 0 Å². The Balaban J connectivity index is 1.53. The number of rotatable bonds is 2. The quantitative estimate of drug-likeness (QED) is 0.883. The number of thiazole rings is 1. The van der Waals surface area contributed by atoms with Gasteiger partial charge in [0.25, 0.3) is 0 Å². The predicted octanol–water partition coefficient (Wildman–Crippen LogP) is 2.74. The maximum atomic E-state index is 12.9. The monoisotopic (exact) mass is 305 g/mol. The first-order valence-electron chi connectivity index (χ1n) is 8.29. The number of nitrogens with one attached hydrogen (secondary N) is 2. The number of carbonyl (C=O) groups excluding carboxylic acids is 1. The van der Waals surface area contributed by atoms with E-state index < -0.39 is 0 Å². The van der Waals surface area contributed by atoms with E-state index in [1.165, 1.54) is 42.7 Å². The van der Waals surface area contributed by atoms with Crippen molar-refractivity contribution in [2.75, 3.05) is 18.4 Å². The zero-order valence-electron chi connectivity index (χ0n) is 12.4. The summed E-state index contributed by atoms with van der Waals surface area (Å²) >= 11 is 1.70. The molecule has 1 amide bonds. The van der Waals surface area contributed by atoms with Crippen LogP contribution < -0.4 is 10.6 Å². The van der Waals surface area contributed by atoms with Crippen molar-refractivity contribution in [3.63, 3.8) is 0 Å². The van der Waals surface area contributed by atoms with Crippen molar-refractivity contribution in [3.05, 3.63) is 10.6 Å². The fraction of sp³-hybridized carbons (Fsp3) is 0.750. The molecule has 21 heavy (non-hydrogen) atoms. The number of amides is 1. The molecule has 0 unspecified atom stereocenters. The molecule has 114 valence electrons. The molecule has 4 rings (SSSR count). The summed E-state index contributed by atoms with van der Waals surface area (Å²) in [5.74, 6) is 0.726. The summed E-state index contributed by atoms with van der Waals surface area (Å²) in [4.78, 5) is 18.9. The van der Waals surface area contributed by atoms with Gasteiger partial charge in [-0.05, 0) is 51.0 Å². The molecule has 1 saturated carbocycles. The first kappa shape index (κ1) is 13.7. The first-order valence-corrected chi connectivity index (χ1v) is 9.10. The third-order valence-corrected chi connectivity index (χ3v) is 6.63. The lowest BCUT2D eigenvalue weighted by Crippen LogP contribution is -2.44. The summed E-state index contributed by atoms with van der Waals surface area (Å²) in [5, 5.41) is 7.43. The third-order valence-electron chi connectivity index (χ3n) is 5.56. The summed E-state index contributed by atoms with van der Waals surface area (Å²) in [5.41, 5.74) is 1.05. The molecule has 2 heterocycles. The SMILES string of the molecule is O=C(Nc1nc2c(s1)CCCC2)[C@@]12CCCC[C@H]1CNC2. The van der Waals surface area contributed by atoms with Crippen LogP contribution in [0.4, 0.5) is 5.13 Å². The Hall–Kier alpha value is -0.940. The second-order valence-corrected chi connectivity index (χ2v) is 7.86. The van der Waals surface area contributed by atoms with Crippen molar-refractivity contribution < 1.29 is 4.79 Å². The highest BCUT2D eigenvalue weighted by atomic mass is 32.1. The van der Waals surface area contributed by atoms with Gasteiger partial charge in [0.15, 0.2) is 5.13 Å². The smallest absolute Gasteiger partial charge is 0.233 e. The van der Waals surface area contributed by atoms with Gasteiger partial charge < -0.3 is 10.6 Å². The molecule has 5 heteroatoms. The fourth-order valence-corrected chi connectivity index (χ4v) is 5.36. The maximum absolute atomic E-state index is 12.9. The minimum absolute atomic E-state index is 0.176. The first-order chi connectivity index (χ1) is 10.3. The van der Waals surface area contributed by atoms with E-state index >= 15 is 0 Å². The average molecular weight is 305 g/mol. The molecule has 1 saturated heterocycles. The van der Waals surface area contributed by atoms with Crippen LogP contribution in [0.1, 0.15) is 49.1 Å². The van der Waals surface area contributed by atoms with E-state index in [9.17, 15) is 4.79 Å². The van der Waals surface area contributed by atoms with Gasteiger partial charge in [0.05, 0.1) is 11.1 Å². The van der Waals surface area contributed by atoms with Crippen LogP contribution in [0.2, 0.25) is 0 Å². The Kier molecular flexibility index (Phi) is 3.50. The highest BCUT2D eigenvalue weighted by molar-refractivity contribution is 7.15. The molecular weight excluding hydrogens is 282 g/mol. The predicted molar refractivity (Wildman–Crippen MR) is 84.6 cm³/mol. The second-order valence-electron chi connectivity index (χ2n) is 6.78. The van der Waals surface area contributed by atoms with Gasteiger partial charge in [-0.25, -0.2) is 4.98 Å². The van der Waals surface area contributed by atoms with Crippen molar-refractivity contribution in [2.24, 2.45) is 11.3 Å². The molecule has 2 atom stereocenters. The number of anilines is 1. The van der Waals surface area contributed by atoms with Crippen LogP contribution in [-0.2, 0) is 17.6 Å². The lowest BCUT2D eigenvalue weighted by atomic mass is 9.68. The van der Waals surface area contributed by atoms with Crippen molar-refractivity contribution in [1.82, 2.24) is 10.3 Å². The van der Waals surface area contributed by atoms with Crippen molar-refractivity contribution >= 4 is 22.4 Å². The minimum Gasteiger partial charge on any atom is -0.315 e. The topological polar surface area (TPSA) is 54.0 Å². The lowest BCUT2D eigenvalue weighted by Gasteiger charge is -2.36. The van der Waals surface area contributed by atoms with Crippen molar-refractivity contribution in [1.29, 1.82) is 0 Å². The van der Waals surface area contributed by atoms with E-state index in [-0.39, 0.29) is 11.3 Å². The molecule has 2 N–H and O–H groups in total. The second kappa shape index (κ2) is 5.36. The molecule has 0 radical (unpaired) electrons. The molecular formula is C16H23N3OS. The van der Waals surface area contributed by atoms with Gasteiger partial charge in [0, 0.05) is 11.4 Å². The normalized spacial score (nSPS) is 31.5. The molecule has 2 fully saturated rings. The van der Waals surface area contributed by atoms with E-state index in [0.717, 1.165) is 37.5 Å². The summed E-state index contributed by atoms with van der Waals surface area (Å²) in [6, 6.07) is 0. The van der Waals surface area contributed by atoms with Crippen LogP contribution in [-0.4, -0.2) is 24.0 Å². The Morgan fingerprint density at radius 3 is 3.10 bits per heavy atom. The number of aryl methyl sites for hydroxylation is 2. The summed E-state index contributed by atoms with van der Waals surface area (Å²) in [7, 11) is 0. The van der Waals surface area contributed by atoms with Crippen LogP contribution >= 0.6 is 11.3 Å². The van der Waals surface area contributed by atoms with Gasteiger partial charge in [0.2, 0.25) is 5.91 Å². The molecule has 1 aliphatic heterocycles. The van der Waals surface area contributed by atoms with E-state index in [1.54, 1.807) is 11.3 Å². The summed E-state index contributed by atoms with van der Waals surface area (Å²) in [6.45, 7) is 1.84. The zero-order chi connectivity index (χ0) is 14.3. The number of carbonyl (C=O) groups is 1. The maximum Gasteiger partial charge on any atom is 0.233 e. The fourth-order valence-electron chi connectivity index (χ4n) is 4.32. The van der Waals surface area contributed by atoms with Crippen molar-refractivity contribution in [2.45, 2.75) is 51.4 Å². The molecule has 0 spiro atoms. The Morgan fingerprint density at radius 1 is 1.29 bits per heavy atom. The molecule has 0 aromatic carbocycles. The van der Waals surface area contributed by atoms with E-state index in [0.29, 0.717) is 5.92 Å². The van der Waals surface area contributed by atoms with E-state index in [4.69, 9.17) is 0 Å². The van der Waals surface area contributed by atoms with Gasteiger partial charge in [-0.15, -0.1) is 11.3 Å². The molecule has 0 bridgehead atoms. The summed E-state index contributed by atoms with van der Waals surface area (Å²) in [6.07, 6.45) is 9.39. The van der Waals surface area contributed by atoms with Crippen LogP contribution in [0, 0.1) is 11.3 Å². The average Bonchev–Trinajstić information content (AvgIpc) is 3.10. The van der Waals surface area contributed by atoms with Crippen LogP contribution in [0.15, 0.2) is 0 Å². The van der Waals surface area contributed by atoms with Gasteiger partial charge in [0.1, 0.15) is 0 Å². The molecule has 1 aromatic rings. The molecule has 2 aliphatic carbocycles. The van der Waals surface area contributed by atoms with Gasteiger partial charge in [-0.2, -0.15) is 0 Å². The number of aromatic nitrogens is 1. The standard InChI is InChI=1S/C16H23N3OS/c20-14(16-8-4-3-5-11(16)9-17-10-16)19-15-18-12-6-1-2-7-13(12)21-15/h11,17H,1-10H2,(H,18,19,20)/t11-,16+/m0/s1. The molecule has 4 nitrogen and oxygen atoms in total. The van der Waals surface area contributed by atoms with Gasteiger partial charge in [-0.1, -0.05) is 12.8 Å². The van der Waals surface area contributed by atoms with E-state index in [2.05, 4.69) is 15.6 Å². The van der Waals surface area contributed by atoms with Crippen LogP contribution in [0.5, 0.6) is 0 Å².